The standard InChI is InChI=1S/C10H16ClN3/c1-7(12)10(2,3)14-9-4-5-13-6-8(9)11/h4-7H,12H2,1-3H3,(H,13,14). The van der Waals surface area contributed by atoms with Crippen LogP contribution in [0, 0.1) is 0 Å². The molecule has 0 saturated heterocycles. The quantitative estimate of drug-likeness (QED) is 0.810. The number of nitrogens with zero attached hydrogens (tertiary/aromatic N) is 1. The Morgan fingerprint density at radius 3 is 2.71 bits per heavy atom. The Kier molecular flexibility index (Phi) is 3.34. The van der Waals surface area contributed by atoms with Crippen molar-refractivity contribution in [1.82, 2.24) is 4.98 Å². The van der Waals surface area contributed by atoms with Gasteiger partial charge in [0.15, 0.2) is 0 Å². The predicted octanol–water partition coefficient (Wildman–Crippen LogP) is 2.27. The van der Waals surface area contributed by atoms with E-state index in [1.165, 1.54) is 0 Å². The van der Waals surface area contributed by atoms with E-state index in [2.05, 4.69) is 10.3 Å². The molecule has 0 aliphatic carbocycles. The van der Waals surface area contributed by atoms with Crippen LogP contribution >= 0.6 is 11.6 Å². The van der Waals surface area contributed by atoms with Crippen molar-refractivity contribution in [2.45, 2.75) is 32.4 Å². The van der Waals surface area contributed by atoms with Crippen LogP contribution in [0.4, 0.5) is 5.69 Å². The molecule has 0 aliphatic heterocycles. The van der Waals surface area contributed by atoms with E-state index in [0.717, 1.165) is 5.69 Å². The summed E-state index contributed by atoms with van der Waals surface area (Å²) in [5.41, 5.74) is 6.52. The van der Waals surface area contributed by atoms with Crippen LogP contribution in [-0.2, 0) is 0 Å². The first-order valence-corrected chi connectivity index (χ1v) is 4.94. The zero-order chi connectivity index (χ0) is 10.8. The first-order chi connectivity index (χ1) is 6.43. The zero-order valence-corrected chi connectivity index (χ0v) is 9.47. The van der Waals surface area contributed by atoms with Gasteiger partial charge >= 0.3 is 0 Å². The molecule has 1 aromatic heterocycles. The molecule has 0 radical (unpaired) electrons. The van der Waals surface area contributed by atoms with Crippen LogP contribution in [0.1, 0.15) is 20.8 Å². The number of anilines is 1. The summed E-state index contributed by atoms with van der Waals surface area (Å²) in [4.78, 5) is 3.92. The fourth-order valence-electron chi connectivity index (χ4n) is 0.937. The van der Waals surface area contributed by atoms with E-state index in [-0.39, 0.29) is 11.6 Å². The van der Waals surface area contributed by atoms with Gasteiger partial charge in [0.25, 0.3) is 0 Å². The van der Waals surface area contributed by atoms with Gasteiger partial charge in [0.05, 0.1) is 10.7 Å². The smallest absolute Gasteiger partial charge is 0.0820 e. The SMILES string of the molecule is CC(N)C(C)(C)Nc1ccncc1Cl. The molecule has 1 aromatic rings. The summed E-state index contributed by atoms with van der Waals surface area (Å²) in [5.74, 6) is 0. The minimum atomic E-state index is -0.189. The molecule has 3 nitrogen and oxygen atoms in total. The number of rotatable bonds is 3. The van der Waals surface area contributed by atoms with Gasteiger partial charge in [-0.1, -0.05) is 11.6 Å². The van der Waals surface area contributed by atoms with Crippen molar-refractivity contribution in [2.24, 2.45) is 5.73 Å². The number of halogens is 1. The second-order valence-electron chi connectivity index (χ2n) is 3.99. The molecular formula is C10H16ClN3. The lowest BCUT2D eigenvalue weighted by Gasteiger charge is -2.31. The Labute approximate surface area is 89.7 Å². The molecule has 14 heavy (non-hydrogen) atoms. The fourth-order valence-corrected chi connectivity index (χ4v) is 1.10. The fraction of sp³-hybridized carbons (Fsp3) is 0.500. The summed E-state index contributed by atoms with van der Waals surface area (Å²) >= 11 is 5.97. The van der Waals surface area contributed by atoms with Gasteiger partial charge in [0.1, 0.15) is 0 Å². The number of aromatic nitrogens is 1. The molecule has 1 unspecified atom stereocenters. The zero-order valence-electron chi connectivity index (χ0n) is 8.71. The first-order valence-electron chi connectivity index (χ1n) is 4.57. The molecule has 0 spiro atoms. The average Bonchev–Trinajstić information content (AvgIpc) is 2.08. The van der Waals surface area contributed by atoms with Gasteiger partial charge in [-0.05, 0) is 26.8 Å². The molecule has 0 amide bonds. The van der Waals surface area contributed by atoms with Crippen molar-refractivity contribution in [1.29, 1.82) is 0 Å². The predicted molar refractivity (Wildman–Crippen MR) is 60.6 cm³/mol. The van der Waals surface area contributed by atoms with Crippen molar-refractivity contribution in [2.75, 3.05) is 5.32 Å². The van der Waals surface area contributed by atoms with E-state index in [9.17, 15) is 0 Å². The maximum atomic E-state index is 5.97. The van der Waals surface area contributed by atoms with Gasteiger partial charge in [-0.15, -0.1) is 0 Å². The highest BCUT2D eigenvalue weighted by molar-refractivity contribution is 6.33. The highest BCUT2D eigenvalue weighted by Crippen LogP contribution is 2.24. The third kappa shape index (κ3) is 2.59. The number of nitrogens with two attached hydrogens (primary N) is 1. The minimum absolute atomic E-state index is 0.0340. The van der Waals surface area contributed by atoms with E-state index < -0.39 is 0 Å². The second kappa shape index (κ2) is 4.15. The van der Waals surface area contributed by atoms with Crippen molar-refractivity contribution in [3.05, 3.63) is 23.5 Å². The van der Waals surface area contributed by atoms with Gasteiger partial charge in [-0.3, -0.25) is 4.98 Å². The van der Waals surface area contributed by atoms with E-state index in [1.54, 1.807) is 12.4 Å². The van der Waals surface area contributed by atoms with E-state index in [0.29, 0.717) is 5.02 Å². The Morgan fingerprint density at radius 2 is 2.21 bits per heavy atom. The molecule has 3 N–H and O–H groups in total. The minimum Gasteiger partial charge on any atom is -0.377 e. The van der Waals surface area contributed by atoms with E-state index in [1.807, 2.05) is 26.8 Å². The van der Waals surface area contributed by atoms with Crippen molar-refractivity contribution >= 4 is 17.3 Å². The van der Waals surface area contributed by atoms with Crippen molar-refractivity contribution in [3.8, 4) is 0 Å². The molecule has 0 fully saturated rings. The maximum Gasteiger partial charge on any atom is 0.0820 e. The van der Waals surface area contributed by atoms with Gasteiger partial charge in [-0.25, -0.2) is 0 Å². The molecule has 0 saturated carbocycles. The van der Waals surface area contributed by atoms with Crippen LogP contribution in [0.15, 0.2) is 18.5 Å². The monoisotopic (exact) mass is 213 g/mol. The Balaban J connectivity index is 2.84. The molecule has 78 valence electrons. The maximum absolute atomic E-state index is 5.97. The van der Waals surface area contributed by atoms with Crippen molar-refractivity contribution in [3.63, 3.8) is 0 Å². The van der Waals surface area contributed by atoms with E-state index in [4.69, 9.17) is 17.3 Å². The van der Waals surface area contributed by atoms with Gasteiger partial charge in [-0.2, -0.15) is 0 Å². The molecular weight excluding hydrogens is 198 g/mol. The van der Waals surface area contributed by atoms with Crippen LogP contribution < -0.4 is 11.1 Å². The van der Waals surface area contributed by atoms with Gasteiger partial charge in [0, 0.05) is 24.0 Å². The molecule has 0 aromatic carbocycles. The molecule has 0 bridgehead atoms. The van der Waals surface area contributed by atoms with Gasteiger partial charge < -0.3 is 11.1 Å². The van der Waals surface area contributed by atoms with Crippen LogP contribution in [0.2, 0.25) is 5.02 Å². The van der Waals surface area contributed by atoms with Crippen LogP contribution in [0.25, 0.3) is 0 Å². The normalized spacial score (nSPS) is 13.8. The topological polar surface area (TPSA) is 50.9 Å². The molecule has 0 aliphatic rings. The summed E-state index contributed by atoms with van der Waals surface area (Å²) in [7, 11) is 0. The molecule has 1 heterocycles. The second-order valence-corrected chi connectivity index (χ2v) is 4.40. The third-order valence-corrected chi connectivity index (χ3v) is 2.67. The largest absolute Gasteiger partial charge is 0.377 e. The molecule has 4 heteroatoms. The Morgan fingerprint density at radius 1 is 1.57 bits per heavy atom. The number of pyridine rings is 1. The summed E-state index contributed by atoms with van der Waals surface area (Å²) in [5, 5.41) is 3.90. The highest BCUT2D eigenvalue weighted by atomic mass is 35.5. The lowest BCUT2D eigenvalue weighted by molar-refractivity contribution is 0.471. The van der Waals surface area contributed by atoms with Gasteiger partial charge in [0.2, 0.25) is 0 Å². The van der Waals surface area contributed by atoms with Crippen LogP contribution in [0.3, 0.4) is 0 Å². The number of hydrogen-bond acceptors (Lipinski definition) is 3. The van der Waals surface area contributed by atoms with Crippen molar-refractivity contribution < 1.29 is 0 Å². The van der Waals surface area contributed by atoms with Crippen LogP contribution in [0.5, 0.6) is 0 Å². The summed E-state index contributed by atoms with van der Waals surface area (Å²) < 4.78 is 0. The number of nitrogens with one attached hydrogen (secondary N) is 1. The average molecular weight is 214 g/mol. The third-order valence-electron chi connectivity index (χ3n) is 2.37. The van der Waals surface area contributed by atoms with Crippen LogP contribution in [-0.4, -0.2) is 16.6 Å². The molecule has 1 atom stereocenters. The lowest BCUT2D eigenvalue weighted by atomic mass is 9.96. The van der Waals surface area contributed by atoms with E-state index >= 15 is 0 Å². The summed E-state index contributed by atoms with van der Waals surface area (Å²) in [6.07, 6.45) is 3.31. The lowest BCUT2D eigenvalue weighted by Crippen LogP contribution is -2.47. The molecule has 1 rings (SSSR count). The Bertz CT molecular complexity index is 310. The summed E-state index contributed by atoms with van der Waals surface area (Å²) in [6.45, 7) is 6.03. The highest BCUT2D eigenvalue weighted by Gasteiger charge is 2.22. The summed E-state index contributed by atoms with van der Waals surface area (Å²) in [6, 6.07) is 1.87. The first kappa shape index (κ1) is 11.3. The Hall–Kier alpha value is -0.800. The number of hydrogen-bond donors (Lipinski definition) is 2.